The molecule has 2 nitrogen and oxygen atoms in total. The van der Waals surface area contributed by atoms with Gasteiger partial charge in [-0.15, -0.1) is 11.3 Å². The Morgan fingerprint density at radius 1 is 0.273 bits per heavy atom. The van der Waals surface area contributed by atoms with Crippen LogP contribution in [0.4, 0.5) is 0 Å². The molecule has 0 fully saturated rings. The van der Waals surface area contributed by atoms with E-state index in [0.717, 1.165) is 5.69 Å². The summed E-state index contributed by atoms with van der Waals surface area (Å²) in [6, 6.07) is 71.6. The maximum atomic E-state index is 2.43. The van der Waals surface area contributed by atoms with Gasteiger partial charge in [0.05, 0.1) is 22.1 Å². The Morgan fingerprint density at radius 3 is 1.49 bits per heavy atom. The van der Waals surface area contributed by atoms with Crippen LogP contribution in [0.25, 0.3) is 108 Å². The number of hydrogen-bond acceptors (Lipinski definition) is 1. The average molecular weight is 717 g/mol. The van der Waals surface area contributed by atoms with Crippen molar-refractivity contribution < 1.29 is 0 Å². The van der Waals surface area contributed by atoms with E-state index in [1.165, 1.54) is 102 Å². The molecule has 256 valence electrons. The van der Waals surface area contributed by atoms with Crippen molar-refractivity contribution in [3.63, 3.8) is 0 Å². The van der Waals surface area contributed by atoms with Crippen molar-refractivity contribution in [3.8, 4) is 33.6 Å². The first-order valence-corrected chi connectivity index (χ1v) is 19.6. The molecule has 12 rings (SSSR count). The van der Waals surface area contributed by atoms with E-state index in [9.17, 15) is 0 Å². The molecule has 0 N–H and O–H groups in total. The highest BCUT2D eigenvalue weighted by Gasteiger charge is 2.17. The van der Waals surface area contributed by atoms with Crippen LogP contribution in [0.1, 0.15) is 0 Å². The number of hydrogen-bond donors (Lipinski definition) is 0. The topological polar surface area (TPSA) is 9.86 Å². The lowest BCUT2D eigenvalue weighted by Crippen LogP contribution is -1.94. The van der Waals surface area contributed by atoms with Gasteiger partial charge in [-0.3, -0.25) is 0 Å². The maximum Gasteiger partial charge on any atom is 0.0541 e. The predicted octanol–water partition coefficient (Wildman–Crippen LogP) is 14.7. The molecule has 0 unspecified atom stereocenters. The first-order chi connectivity index (χ1) is 27.2. The highest BCUT2D eigenvalue weighted by Crippen LogP contribution is 2.40. The van der Waals surface area contributed by atoms with E-state index in [0.29, 0.717) is 0 Å². The lowest BCUT2D eigenvalue weighted by molar-refractivity contribution is 1.18. The van der Waals surface area contributed by atoms with E-state index in [2.05, 4.69) is 203 Å². The fraction of sp³-hybridized carbons (Fsp3) is 0. The Bertz CT molecular complexity index is 3500. The van der Waals surface area contributed by atoms with Gasteiger partial charge in [-0.1, -0.05) is 115 Å². The van der Waals surface area contributed by atoms with Crippen molar-refractivity contribution in [2.45, 2.75) is 0 Å². The molecular weight excluding hydrogens is 685 g/mol. The highest BCUT2D eigenvalue weighted by atomic mass is 32.1. The third-order valence-electron chi connectivity index (χ3n) is 11.5. The van der Waals surface area contributed by atoms with Gasteiger partial charge in [0.25, 0.3) is 0 Å². The minimum atomic E-state index is 1.16. The number of aromatic nitrogens is 2. The van der Waals surface area contributed by atoms with Gasteiger partial charge in [-0.05, 0) is 112 Å². The lowest BCUT2D eigenvalue weighted by Gasteiger charge is -2.11. The zero-order valence-electron chi connectivity index (χ0n) is 29.8. The van der Waals surface area contributed by atoms with Crippen LogP contribution in [0.2, 0.25) is 0 Å². The third kappa shape index (κ3) is 4.67. The summed E-state index contributed by atoms with van der Waals surface area (Å²) in [5.74, 6) is 0. The largest absolute Gasteiger partial charge is 0.309 e. The average Bonchev–Trinajstić information content (AvgIpc) is 3.90. The fourth-order valence-corrected chi connectivity index (χ4v) is 9.99. The lowest BCUT2D eigenvalue weighted by atomic mass is 10.0. The van der Waals surface area contributed by atoms with Crippen LogP contribution in [0, 0.1) is 0 Å². The second kappa shape index (κ2) is 11.8. The number of fused-ring (bicyclic) bond motifs is 10. The molecule has 3 aromatic heterocycles. The van der Waals surface area contributed by atoms with Gasteiger partial charge >= 0.3 is 0 Å². The van der Waals surface area contributed by atoms with E-state index in [1.54, 1.807) is 0 Å². The molecule has 0 spiro atoms. The Morgan fingerprint density at radius 2 is 0.782 bits per heavy atom. The molecule has 0 aliphatic carbocycles. The molecular formula is C52H32N2S. The summed E-state index contributed by atoms with van der Waals surface area (Å²) in [6.07, 6.45) is 0. The molecule has 3 heterocycles. The first kappa shape index (κ1) is 30.5. The number of para-hydroxylation sites is 2. The number of thiophene rings is 1. The van der Waals surface area contributed by atoms with E-state index < -0.39 is 0 Å². The Balaban J connectivity index is 0.991. The fourth-order valence-electron chi connectivity index (χ4n) is 8.91. The SMILES string of the molecule is c1cc(-c2ccc3sc4ccccc4c3c2)cc(-n2c3ccccc3c3cc(-c4ccc5c(c4)c4ccccc4n5-c4ccc5ccccc5c4)ccc32)c1. The van der Waals surface area contributed by atoms with Crippen LogP contribution in [0.5, 0.6) is 0 Å². The van der Waals surface area contributed by atoms with Gasteiger partial charge in [-0.2, -0.15) is 0 Å². The van der Waals surface area contributed by atoms with Gasteiger partial charge in [0.1, 0.15) is 0 Å². The van der Waals surface area contributed by atoms with Crippen LogP contribution in [-0.4, -0.2) is 9.13 Å². The van der Waals surface area contributed by atoms with Gasteiger partial charge in [0.2, 0.25) is 0 Å². The van der Waals surface area contributed by atoms with Crippen molar-refractivity contribution >= 4 is 85.9 Å². The molecule has 0 atom stereocenters. The first-order valence-electron chi connectivity index (χ1n) is 18.8. The number of rotatable bonds is 4. The normalized spacial score (nSPS) is 12.0. The van der Waals surface area contributed by atoms with Crippen molar-refractivity contribution in [3.05, 3.63) is 194 Å². The molecule has 0 aliphatic heterocycles. The van der Waals surface area contributed by atoms with Gasteiger partial charge < -0.3 is 9.13 Å². The van der Waals surface area contributed by atoms with Crippen LogP contribution < -0.4 is 0 Å². The van der Waals surface area contributed by atoms with Gasteiger partial charge in [-0.25, -0.2) is 0 Å². The quantitative estimate of drug-likeness (QED) is 0.172. The summed E-state index contributed by atoms with van der Waals surface area (Å²) < 4.78 is 7.50. The molecule has 12 aromatic rings. The van der Waals surface area contributed by atoms with E-state index in [-0.39, 0.29) is 0 Å². The van der Waals surface area contributed by atoms with E-state index >= 15 is 0 Å². The summed E-state index contributed by atoms with van der Waals surface area (Å²) in [4.78, 5) is 0. The number of nitrogens with zero attached hydrogens (tertiary/aromatic N) is 2. The third-order valence-corrected chi connectivity index (χ3v) is 12.6. The Kier molecular flexibility index (Phi) is 6.54. The summed E-state index contributed by atoms with van der Waals surface area (Å²) >= 11 is 1.86. The molecule has 0 radical (unpaired) electrons. The Hall–Kier alpha value is -6.94. The molecule has 9 aromatic carbocycles. The molecule has 0 saturated carbocycles. The minimum Gasteiger partial charge on any atom is -0.309 e. The summed E-state index contributed by atoms with van der Waals surface area (Å²) in [5.41, 5.74) is 12.1. The molecule has 3 heteroatoms. The zero-order chi connectivity index (χ0) is 36.0. The molecule has 0 amide bonds. The second-order valence-corrected chi connectivity index (χ2v) is 15.6. The number of benzene rings is 9. The summed E-state index contributed by atoms with van der Waals surface area (Å²) in [7, 11) is 0. The van der Waals surface area contributed by atoms with Gasteiger partial charge in [0, 0.05) is 53.1 Å². The molecule has 0 aliphatic rings. The molecule has 0 bridgehead atoms. The smallest absolute Gasteiger partial charge is 0.0541 e. The van der Waals surface area contributed by atoms with Crippen molar-refractivity contribution in [2.24, 2.45) is 0 Å². The van der Waals surface area contributed by atoms with Crippen molar-refractivity contribution in [1.29, 1.82) is 0 Å². The van der Waals surface area contributed by atoms with Crippen molar-refractivity contribution in [1.82, 2.24) is 9.13 Å². The standard InChI is InChI=1S/C52H32N2S/c1-2-11-34-28-40(24-20-33(34)10-1)54-48-18-7-4-15-42(48)45-31-37(22-26-50(45)54)36-21-25-49-44(30-36)41-14-3-6-17-47(41)53(49)39-13-9-12-35(29-39)38-23-27-52-46(32-38)43-16-5-8-19-51(43)55-52/h1-32H. The maximum absolute atomic E-state index is 2.43. The molecule has 55 heavy (non-hydrogen) atoms. The van der Waals surface area contributed by atoms with Gasteiger partial charge in [0.15, 0.2) is 0 Å². The van der Waals surface area contributed by atoms with Crippen molar-refractivity contribution in [2.75, 3.05) is 0 Å². The van der Waals surface area contributed by atoms with Crippen LogP contribution >= 0.6 is 11.3 Å². The minimum absolute atomic E-state index is 1.16. The second-order valence-electron chi connectivity index (χ2n) is 14.6. The predicted molar refractivity (Wildman–Crippen MR) is 236 cm³/mol. The van der Waals surface area contributed by atoms with E-state index in [4.69, 9.17) is 0 Å². The molecule has 0 saturated heterocycles. The van der Waals surface area contributed by atoms with Crippen LogP contribution in [0.15, 0.2) is 194 Å². The Labute approximate surface area is 321 Å². The summed E-state index contributed by atoms with van der Waals surface area (Å²) in [5, 5.41) is 10.2. The van der Waals surface area contributed by atoms with Crippen LogP contribution in [-0.2, 0) is 0 Å². The highest BCUT2D eigenvalue weighted by molar-refractivity contribution is 7.25. The monoisotopic (exact) mass is 716 g/mol. The zero-order valence-corrected chi connectivity index (χ0v) is 30.6. The van der Waals surface area contributed by atoms with Crippen LogP contribution in [0.3, 0.4) is 0 Å². The summed E-state index contributed by atoms with van der Waals surface area (Å²) in [6.45, 7) is 0. The van der Waals surface area contributed by atoms with E-state index in [1.807, 2.05) is 11.3 Å².